The van der Waals surface area contributed by atoms with Crippen molar-refractivity contribution in [3.63, 3.8) is 0 Å². The minimum absolute atomic E-state index is 0.280. The molecule has 2 saturated heterocycles. The van der Waals surface area contributed by atoms with Crippen LogP contribution in [-0.2, 0) is 9.53 Å². The lowest BCUT2D eigenvalue weighted by molar-refractivity contribution is -0.194. The van der Waals surface area contributed by atoms with E-state index in [1.807, 2.05) is 25.7 Å². The molecular formula is C10H19NO2. The zero-order valence-corrected chi connectivity index (χ0v) is 8.80. The number of likely N-dealkylation sites (tertiary alicyclic amines) is 1. The SMILES string of the molecule is CC.CCC(=O)N1CC2(COC2)C1. The van der Waals surface area contributed by atoms with Gasteiger partial charge >= 0.3 is 0 Å². The van der Waals surface area contributed by atoms with Crippen molar-refractivity contribution < 1.29 is 9.53 Å². The summed E-state index contributed by atoms with van der Waals surface area (Å²) in [4.78, 5) is 13.0. The Balaban J connectivity index is 0.000000396. The summed E-state index contributed by atoms with van der Waals surface area (Å²) < 4.78 is 5.10. The lowest BCUT2D eigenvalue weighted by Gasteiger charge is -2.54. The predicted molar refractivity (Wildman–Crippen MR) is 51.5 cm³/mol. The third kappa shape index (κ3) is 1.85. The molecule has 0 atom stereocenters. The van der Waals surface area contributed by atoms with Gasteiger partial charge in [0.05, 0.1) is 18.6 Å². The van der Waals surface area contributed by atoms with Gasteiger partial charge in [-0.25, -0.2) is 0 Å². The summed E-state index contributed by atoms with van der Waals surface area (Å²) in [6.07, 6.45) is 0.636. The number of rotatable bonds is 1. The fourth-order valence-electron chi connectivity index (χ4n) is 1.74. The highest BCUT2D eigenvalue weighted by atomic mass is 16.5. The van der Waals surface area contributed by atoms with E-state index < -0.39 is 0 Å². The summed E-state index contributed by atoms with van der Waals surface area (Å²) in [5, 5.41) is 0. The molecule has 76 valence electrons. The van der Waals surface area contributed by atoms with Crippen LogP contribution < -0.4 is 0 Å². The number of hydrogen-bond donors (Lipinski definition) is 0. The van der Waals surface area contributed by atoms with Gasteiger partial charge in [0.25, 0.3) is 0 Å². The molecule has 2 aliphatic rings. The van der Waals surface area contributed by atoms with Gasteiger partial charge in [-0.2, -0.15) is 0 Å². The van der Waals surface area contributed by atoms with Crippen LogP contribution in [0.15, 0.2) is 0 Å². The van der Waals surface area contributed by atoms with E-state index in [9.17, 15) is 4.79 Å². The van der Waals surface area contributed by atoms with Crippen LogP contribution in [0.3, 0.4) is 0 Å². The van der Waals surface area contributed by atoms with Crippen molar-refractivity contribution in [2.45, 2.75) is 27.2 Å². The Bertz CT molecular complexity index is 179. The van der Waals surface area contributed by atoms with Crippen LogP contribution in [0.4, 0.5) is 0 Å². The topological polar surface area (TPSA) is 29.5 Å². The Labute approximate surface area is 80.1 Å². The van der Waals surface area contributed by atoms with E-state index in [2.05, 4.69) is 0 Å². The zero-order valence-electron chi connectivity index (χ0n) is 8.80. The van der Waals surface area contributed by atoms with Gasteiger partial charge in [-0.3, -0.25) is 4.79 Å². The maximum Gasteiger partial charge on any atom is 0.222 e. The van der Waals surface area contributed by atoms with E-state index in [0.29, 0.717) is 11.8 Å². The van der Waals surface area contributed by atoms with Crippen LogP contribution in [0.5, 0.6) is 0 Å². The van der Waals surface area contributed by atoms with Crippen molar-refractivity contribution in [2.24, 2.45) is 5.41 Å². The molecule has 1 amide bonds. The van der Waals surface area contributed by atoms with E-state index >= 15 is 0 Å². The second-order valence-corrected chi connectivity index (χ2v) is 3.60. The molecule has 0 aromatic rings. The van der Waals surface area contributed by atoms with Gasteiger partial charge < -0.3 is 9.64 Å². The van der Waals surface area contributed by atoms with E-state index in [0.717, 1.165) is 26.3 Å². The fraction of sp³-hybridized carbons (Fsp3) is 0.900. The molecule has 3 heteroatoms. The molecule has 0 aliphatic carbocycles. The molecule has 0 radical (unpaired) electrons. The van der Waals surface area contributed by atoms with Crippen LogP contribution in [0.1, 0.15) is 27.2 Å². The highest BCUT2D eigenvalue weighted by Gasteiger charge is 2.50. The lowest BCUT2D eigenvalue weighted by atomic mass is 9.78. The van der Waals surface area contributed by atoms with Gasteiger partial charge in [0.2, 0.25) is 5.91 Å². The number of carbonyl (C=O) groups excluding carboxylic acids is 1. The molecule has 1 spiro atoms. The Kier molecular flexibility index (Phi) is 3.31. The first-order valence-corrected chi connectivity index (χ1v) is 5.11. The Morgan fingerprint density at radius 2 is 1.92 bits per heavy atom. The van der Waals surface area contributed by atoms with Crippen molar-refractivity contribution >= 4 is 5.91 Å². The molecule has 0 bridgehead atoms. The third-order valence-electron chi connectivity index (χ3n) is 2.52. The van der Waals surface area contributed by atoms with E-state index in [1.54, 1.807) is 0 Å². The van der Waals surface area contributed by atoms with Crippen LogP contribution in [-0.4, -0.2) is 37.1 Å². The van der Waals surface area contributed by atoms with Gasteiger partial charge in [-0.1, -0.05) is 20.8 Å². The van der Waals surface area contributed by atoms with Crippen molar-refractivity contribution in [3.05, 3.63) is 0 Å². The minimum atomic E-state index is 0.280. The van der Waals surface area contributed by atoms with Crippen LogP contribution in [0, 0.1) is 5.41 Å². The van der Waals surface area contributed by atoms with Gasteiger partial charge in [0.15, 0.2) is 0 Å². The monoisotopic (exact) mass is 185 g/mol. The minimum Gasteiger partial charge on any atom is -0.380 e. The highest BCUT2D eigenvalue weighted by molar-refractivity contribution is 5.76. The van der Waals surface area contributed by atoms with Gasteiger partial charge in [-0.05, 0) is 0 Å². The largest absolute Gasteiger partial charge is 0.380 e. The number of nitrogens with zero attached hydrogens (tertiary/aromatic N) is 1. The second kappa shape index (κ2) is 4.09. The van der Waals surface area contributed by atoms with E-state index in [-0.39, 0.29) is 5.91 Å². The number of hydrogen-bond acceptors (Lipinski definition) is 2. The highest BCUT2D eigenvalue weighted by Crippen LogP contribution is 2.37. The van der Waals surface area contributed by atoms with Crippen LogP contribution >= 0.6 is 0 Å². The second-order valence-electron chi connectivity index (χ2n) is 3.60. The fourth-order valence-corrected chi connectivity index (χ4v) is 1.74. The molecule has 2 fully saturated rings. The van der Waals surface area contributed by atoms with Crippen molar-refractivity contribution in [3.8, 4) is 0 Å². The number of ether oxygens (including phenoxy) is 1. The quantitative estimate of drug-likeness (QED) is 0.616. The maximum atomic E-state index is 11.1. The van der Waals surface area contributed by atoms with Crippen molar-refractivity contribution in [2.75, 3.05) is 26.3 Å². The van der Waals surface area contributed by atoms with Gasteiger partial charge in [-0.15, -0.1) is 0 Å². The molecule has 3 nitrogen and oxygen atoms in total. The summed E-state index contributed by atoms with van der Waals surface area (Å²) >= 11 is 0. The normalized spacial score (nSPS) is 22.5. The van der Waals surface area contributed by atoms with Crippen molar-refractivity contribution in [1.29, 1.82) is 0 Å². The average molecular weight is 185 g/mol. The molecule has 2 heterocycles. The molecule has 0 unspecified atom stereocenters. The first-order chi connectivity index (χ1) is 6.26. The standard InChI is InChI=1S/C8H13NO2.C2H6/c1-2-7(10)9-3-8(4-9)5-11-6-8;1-2/h2-6H2,1H3;1-2H3. The maximum absolute atomic E-state index is 11.1. The van der Waals surface area contributed by atoms with Crippen LogP contribution in [0.2, 0.25) is 0 Å². The molecule has 13 heavy (non-hydrogen) atoms. The van der Waals surface area contributed by atoms with Crippen molar-refractivity contribution in [1.82, 2.24) is 4.90 Å². The smallest absolute Gasteiger partial charge is 0.222 e. The van der Waals surface area contributed by atoms with E-state index in [1.165, 1.54) is 0 Å². The molecule has 0 aromatic heterocycles. The van der Waals surface area contributed by atoms with Gasteiger partial charge in [0, 0.05) is 19.5 Å². The first kappa shape index (κ1) is 10.5. The summed E-state index contributed by atoms with van der Waals surface area (Å²) in [5.74, 6) is 0.280. The summed E-state index contributed by atoms with van der Waals surface area (Å²) in [7, 11) is 0. The molecule has 0 N–H and O–H groups in total. The Morgan fingerprint density at radius 1 is 1.38 bits per heavy atom. The summed E-state index contributed by atoms with van der Waals surface area (Å²) in [6.45, 7) is 9.49. The molecule has 2 aliphatic heterocycles. The Morgan fingerprint density at radius 3 is 2.23 bits per heavy atom. The molecular weight excluding hydrogens is 166 g/mol. The Hall–Kier alpha value is -0.570. The first-order valence-electron chi connectivity index (χ1n) is 5.11. The van der Waals surface area contributed by atoms with Crippen LogP contribution in [0.25, 0.3) is 0 Å². The summed E-state index contributed by atoms with van der Waals surface area (Å²) in [5.41, 5.74) is 0.380. The lowest BCUT2D eigenvalue weighted by Crippen LogP contribution is -2.67. The molecule has 0 aromatic carbocycles. The van der Waals surface area contributed by atoms with E-state index in [4.69, 9.17) is 4.74 Å². The molecule has 2 rings (SSSR count). The number of carbonyl (C=O) groups is 1. The average Bonchev–Trinajstić information content (AvgIpc) is 2.03. The predicted octanol–water partition coefficient (Wildman–Crippen LogP) is 1.28. The van der Waals surface area contributed by atoms with Gasteiger partial charge in [0.1, 0.15) is 0 Å². The number of amides is 1. The summed E-state index contributed by atoms with van der Waals surface area (Å²) in [6, 6.07) is 0. The zero-order chi connectivity index (χ0) is 9.90. The molecule has 0 saturated carbocycles. The third-order valence-corrected chi connectivity index (χ3v) is 2.52.